The normalized spacial score (nSPS) is 15.5. The van der Waals surface area contributed by atoms with Gasteiger partial charge in [-0.15, -0.1) is 0 Å². The molecule has 2 heteroatoms. The van der Waals surface area contributed by atoms with Crippen LogP contribution in [0.5, 0.6) is 0 Å². The smallest absolute Gasteiger partial charge is 0.00721 e. The van der Waals surface area contributed by atoms with Gasteiger partial charge in [0.2, 0.25) is 0 Å². The van der Waals surface area contributed by atoms with Crippen molar-refractivity contribution in [3.8, 4) is 0 Å². The molecular formula is C17H38N2. The van der Waals surface area contributed by atoms with Gasteiger partial charge in [0.05, 0.1) is 0 Å². The van der Waals surface area contributed by atoms with E-state index in [1.807, 2.05) is 0 Å². The standard InChI is InChI=1S/C17H38N2/c1-14(2)12-16(5)19(11-9-7-8-10-18)17(6)13-15(3)4/h14-17H,7-13,18H2,1-6H3. The van der Waals surface area contributed by atoms with Crippen LogP contribution < -0.4 is 5.73 Å². The lowest BCUT2D eigenvalue weighted by atomic mass is 9.98. The van der Waals surface area contributed by atoms with Gasteiger partial charge in [0, 0.05) is 12.1 Å². The maximum absolute atomic E-state index is 5.58. The predicted octanol–water partition coefficient (Wildman–Crippen LogP) is 4.29. The summed E-state index contributed by atoms with van der Waals surface area (Å²) >= 11 is 0. The first-order valence-corrected chi connectivity index (χ1v) is 8.34. The van der Waals surface area contributed by atoms with E-state index in [0.29, 0.717) is 12.1 Å². The number of rotatable bonds is 11. The molecule has 0 rings (SSSR count). The van der Waals surface area contributed by atoms with Crippen molar-refractivity contribution in [3.05, 3.63) is 0 Å². The Morgan fingerprint density at radius 1 is 0.737 bits per heavy atom. The number of hydrogen-bond donors (Lipinski definition) is 1. The van der Waals surface area contributed by atoms with Gasteiger partial charge in [-0.2, -0.15) is 0 Å². The summed E-state index contributed by atoms with van der Waals surface area (Å²) in [5, 5.41) is 0. The van der Waals surface area contributed by atoms with E-state index < -0.39 is 0 Å². The molecule has 2 nitrogen and oxygen atoms in total. The van der Waals surface area contributed by atoms with Crippen molar-refractivity contribution in [2.45, 2.75) is 85.7 Å². The van der Waals surface area contributed by atoms with E-state index in [-0.39, 0.29) is 0 Å². The van der Waals surface area contributed by atoms with Gasteiger partial charge in [-0.25, -0.2) is 0 Å². The van der Waals surface area contributed by atoms with Crippen molar-refractivity contribution in [3.63, 3.8) is 0 Å². The summed E-state index contributed by atoms with van der Waals surface area (Å²) in [4.78, 5) is 2.73. The summed E-state index contributed by atoms with van der Waals surface area (Å²) in [6.45, 7) is 16.2. The molecule has 116 valence electrons. The minimum atomic E-state index is 0.701. The maximum atomic E-state index is 5.58. The van der Waals surface area contributed by atoms with Crippen LogP contribution in [0.1, 0.15) is 73.6 Å². The van der Waals surface area contributed by atoms with Gasteiger partial charge in [-0.1, -0.05) is 34.1 Å². The molecule has 2 N–H and O–H groups in total. The van der Waals surface area contributed by atoms with Crippen molar-refractivity contribution in [2.75, 3.05) is 13.1 Å². The molecule has 0 radical (unpaired) electrons. The average molecular weight is 271 g/mol. The van der Waals surface area contributed by atoms with Crippen molar-refractivity contribution in [2.24, 2.45) is 17.6 Å². The largest absolute Gasteiger partial charge is 0.330 e. The molecule has 2 atom stereocenters. The van der Waals surface area contributed by atoms with E-state index in [1.54, 1.807) is 0 Å². The van der Waals surface area contributed by atoms with Crippen molar-refractivity contribution < 1.29 is 0 Å². The Morgan fingerprint density at radius 3 is 1.58 bits per heavy atom. The van der Waals surface area contributed by atoms with Crippen LogP contribution in [-0.2, 0) is 0 Å². The molecule has 0 saturated heterocycles. The maximum Gasteiger partial charge on any atom is 0.00721 e. The average Bonchev–Trinajstić information content (AvgIpc) is 2.26. The summed E-state index contributed by atoms with van der Waals surface area (Å²) < 4.78 is 0. The molecule has 0 saturated carbocycles. The molecule has 0 spiro atoms. The van der Waals surface area contributed by atoms with Crippen LogP contribution in [-0.4, -0.2) is 30.1 Å². The molecule has 0 aliphatic carbocycles. The topological polar surface area (TPSA) is 29.3 Å². The van der Waals surface area contributed by atoms with E-state index in [1.165, 1.54) is 38.6 Å². The molecule has 0 heterocycles. The lowest BCUT2D eigenvalue weighted by Gasteiger charge is -2.36. The highest BCUT2D eigenvalue weighted by atomic mass is 15.2. The Bertz CT molecular complexity index is 185. The second-order valence-corrected chi connectivity index (χ2v) is 7.04. The number of hydrogen-bond acceptors (Lipinski definition) is 2. The minimum absolute atomic E-state index is 0.701. The molecule has 19 heavy (non-hydrogen) atoms. The molecule has 0 amide bonds. The second-order valence-electron chi connectivity index (χ2n) is 7.04. The van der Waals surface area contributed by atoms with E-state index in [0.717, 1.165) is 18.4 Å². The number of unbranched alkanes of at least 4 members (excludes halogenated alkanes) is 2. The zero-order chi connectivity index (χ0) is 14.8. The highest BCUT2D eigenvalue weighted by molar-refractivity contribution is 4.76. The zero-order valence-corrected chi connectivity index (χ0v) is 14.3. The van der Waals surface area contributed by atoms with Crippen LogP contribution in [0, 0.1) is 11.8 Å². The summed E-state index contributed by atoms with van der Waals surface area (Å²) in [5.41, 5.74) is 5.58. The van der Waals surface area contributed by atoms with Gasteiger partial charge in [0.15, 0.2) is 0 Å². The Morgan fingerprint density at radius 2 is 1.21 bits per heavy atom. The van der Waals surface area contributed by atoms with Crippen LogP contribution in [0.2, 0.25) is 0 Å². The lowest BCUT2D eigenvalue weighted by molar-refractivity contribution is 0.119. The Balaban J connectivity index is 4.35. The Hall–Kier alpha value is -0.0800. The van der Waals surface area contributed by atoms with E-state index >= 15 is 0 Å². The third-order valence-electron chi connectivity index (χ3n) is 3.88. The summed E-state index contributed by atoms with van der Waals surface area (Å²) in [6, 6.07) is 1.40. The van der Waals surface area contributed by atoms with Gasteiger partial charge in [-0.3, -0.25) is 4.90 Å². The molecule has 0 aromatic heterocycles. The van der Waals surface area contributed by atoms with E-state index in [2.05, 4.69) is 46.4 Å². The molecular weight excluding hydrogens is 232 g/mol. The summed E-state index contributed by atoms with van der Waals surface area (Å²) in [6.07, 6.45) is 6.35. The van der Waals surface area contributed by atoms with Crippen LogP contribution in [0.3, 0.4) is 0 Å². The fourth-order valence-electron chi connectivity index (χ4n) is 3.13. The summed E-state index contributed by atoms with van der Waals surface area (Å²) in [7, 11) is 0. The predicted molar refractivity (Wildman–Crippen MR) is 87.4 cm³/mol. The first-order valence-electron chi connectivity index (χ1n) is 8.34. The monoisotopic (exact) mass is 270 g/mol. The third kappa shape index (κ3) is 9.45. The number of nitrogens with zero attached hydrogens (tertiary/aromatic N) is 1. The zero-order valence-electron chi connectivity index (χ0n) is 14.3. The van der Waals surface area contributed by atoms with Gasteiger partial charge in [-0.05, 0) is 64.5 Å². The highest BCUT2D eigenvalue weighted by Gasteiger charge is 2.21. The lowest BCUT2D eigenvalue weighted by Crippen LogP contribution is -2.42. The first-order chi connectivity index (χ1) is 8.88. The second kappa shape index (κ2) is 10.7. The molecule has 0 aliphatic rings. The minimum Gasteiger partial charge on any atom is -0.330 e. The third-order valence-corrected chi connectivity index (χ3v) is 3.88. The SMILES string of the molecule is CC(C)CC(C)N(CCCCCN)C(C)CC(C)C. The molecule has 0 bridgehead atoms. The van der Waals surface area contributed by atoms with Crippen LogP contribution >= 0.6 is 0 Å². The van der Waals surface area contributed by atoms with Crippen molar-refractivity contribution in [1.29, 1.82) is 0 Å². The number of nitrogens with two attached hydrogens (primary N) is 1. The van der Waals surface area contributed by atoms with Gasteiger partial charge >= 0.3 is 0 Å². The Labute approximate surface area is 122 Å². The van der Waals surface area contributed by atoms with Gasteiger partial charge < -0.3 is 5.73 Å². The molecule has 2 unspecified atom stereocenters. The van der Waals surface area contributed by atoms with E-state index in [9.17, 15) is 0 Å². The van der Waals surface area contributed by atoms with E-state index in [4.69, 9.17) is 5.73 Å². The van der Waals surface area contributed by atoms with Gasteiger partial charge in [0.25, 0.3) is 0 Å². The molecule has 0 fully saturated rings. The fraction of sp³-hybridized carbons (Fsp3) is 1.00. The van der Waals surface area contributed by atoms with Gasteiger partial charge in [0.1, 0.15) is 0 Å². The highest BCUT2D eigenvalue weighted by Crippen LogP contribution is 2.19. The first kappa shape index (κ1) is 18.9. The fourth-order valence-corrected chi connectivity index (χ4v) is 3.13. The van der Waals surface area contributed by atoms with Crippen molar-refractivity contribution >= 4 is 0 Å². The van der Waals surface area contributed by atoms with Crippen LogP contribution in [0.4, 0.5) is 0 Å². The molecule has 0 aromatic rings. The van der Waals surface area contributed by atoms with Crippen LogP contribution in [0.15, 0.2) is 0 Å². The molecule has 0 aliphatic heterocycles. The Kier molecular flexibility index (Phi) is 10.6. The van der Waals surface area contributed by atoms with Crippen LogP contribution in [0.25, 0.3) is 0 Å². The van der Waals surface area contributed by atoms with Crippen molar-refractivity contribution in [1.82, 2.24) is 4.90 Å². The molecule has 0 aromatic carbocycles. The quantitative estimate of drug-likeness (QED) is 0.568. The summed E-state index contributed by atoms with van der Waals surface area (Å²) in [5.74, 6) is 1.57.